The van der Waals surface area contributed by atoms with Gasteiger partial charge in [-0.1, -0.05) is 17.7 Å². The van der Waals surface area contributed by atoms with Gasteiger partial charge in [-0.15, -0.1) is 0 Å². The van der Waals surface area contributed by atoms with Crippen LogP contribution >= 0.6 is 0 Å². The minimum atomic E-state index is -0.942. The number of aliphatic hydroxyl groups excluding tert-OH is 1. The zero-order chi connectivity index (χ0) is 22.4. The smallest absolute Gasteiger partial charge is 0.253 e. The minimum Gasteiger partial charge on any atom is -0.497 e. The van der Waals surface area contributed by atoms with Crippen LogP contribution in [-0.4, -0.2) is 55.7 Å². The van der Waals surface area contributed by atoms with Crippen LogP contribution < -0.4 is 14.8 Å². The maximum absolute atomic E-state index is 12.8. The molecule has 166 valence electrons. The van der Waals surface area contributed by atoms with Gasteiger partial charge in [-0.3, -0.25) is 9.59 Å². The molecular weight excluding hydrogens is 396 g/mol. The molecule has 0 spiro atoms. The molecule has 1 saturated heterocycles. The molecule has 2 aromatic rings. The van der Waals surface area contributed by atoms with Gasteiger partial charge in [0.1, 0.15) is 11.5 Å². The van der Waals surface area contributed by atoms with Crippen molar-refractivity contribution in [1.82, 2.24) is 10.2 Å². The van der Waals surface area contributed by atoms with E-state index in [1.54, 1.807) is 30.2 Å². The highest BCUT2D eigenvalue weighted by molar-refractivity contribution is 5.94. The number of hydrogen-bond donors (Lipinski definition) is 2. The zero-order valence-electron chi connectivity index (χ0n) is 18.3. The fraction of sp³-hybridized carbons (Fsp3) is 0.417. The van der Waals surface area contributed by atoms with Crippen molar-refractivity contribution in [3.8, 4) is 11.5 Å². The van der Waals surface area contributed by atoms with Crippen molar-refractivity contribution in [2.24, 2.45) is 5.92 Å². The highest BCUT2D eigenvalue weighted by Crippen LogP contribution is 2.29. The van der Waals surface area contributed by atoms with E-state index >= 15 is 0 Å². The zero-order valence-corrected chi connectivity index (χ0v) is 18.3. The van der Waals surface area contributed by atoms with Gasteiger partial charge >= 0.3 is 0 Å². The summed E-state index contributed by atoms with van der Waals surface area (Å²) in [6, 6.07) is 12.6. The van der Waals surface area contributed by atoms with Gasteiger partial charge in [0.2, 0.25) is 5.91 Å². The van der Waals surface area contributed by atoms with E-state index in [-0.39, 0.29) is 24.3 Å². The summed E-state index contributed by atoms with van der Waals surface area (Å²) in [5, 5.41) is 13.4. The van der Waals surface area contributed by atoms with Gasteiger partial charge in [0.15, 0.2) is 0 Å². The van der Waals surface area contributed by atoms with Crippen LogP contribution in [0.15, 0.2) is 42.5 Å². The number of carbonyl (C=O) groups is 2. The van der Waals surface area contributed by atoms with Crippen molar-refractivity contribution in [3.63, 3.8) is 0 Å². The van der Waals surface area contributed by atoms with Gasteiger partial charge in [0.05, 0.1) is 26.2 Å². The van der Waals surface area contributed by atoms with E-state index < -0.39 is 6.10 Å². The average Bonchev–Trinajstić information content (AvgIpc) is 2.81. The molecular formula is C24H30N2O5. The van der Waals surface area contributed by atoms with Crippen LogP contribution in [0, 0.1) is 12.8 Å². The molecule has 3 rings (SSSR count). The quantitative estimate of drug-likeness (QED) is 0.711. The molecule has 1 aliphatic heterocycles. The summed E-state index contributed by atoms with van der Waals surface area (Å²) in [6.45, 7) is 3.03. The molecule has 31 heavy (non-hydrogen) atoms. The molecule has 0 aliphatic carbocycles. The fourth-order valence-electron chi connectivity index (χ4n) is 3.81. The largest absolute Gasteiger partial charge is 0.497 e. The molecule has 2 amide bonds. The van der Waals surface area contributed by atoms with Crippen LogP contribution in [-0.2, 0) is 4.79 Å². The first-order chi connectivity index (χ1) is 14.9. The Labute approximate surface area is 183 Å². The second kappa shape index (κ2) is 10.3. The summed E-state index contributed by atoms with van der Waals surface area (Å²) in [6.07, 6.45) is 0.534. The molecule has 0 radical (unpaired) electrons. The van der Waals surface area contributed by atoms with Gasteiger partial charge in [0.25, 0.3) is 5.91 Å². The number of hydrogen-bond acceptors (Lipinski definition) is 5. The number of aliphatic hydroxyl groups is 1. The van der Waals surface area contributed by atoms with Crippen LogP contribution in [0.5, 0.6) is 11.5 Å². The molecule has 2 aromatic carbocycles. The summed E-state index contributed by atoms with van der Waals surface area (Å²) >= 11 is 0. The normalized spacial score (nSPS) is 17.0. The Morgan fingerprint density at radius 3 is 2.58 bits per heavy atom. The van der Waals surface area contributed by atoms with Gasteiger partial charge in [-0.25, -0.2) is 0 Å². The highest BCUT2D eigenvalue weighted by atomic mass is 16.5. The Hall–Kier alpha value is -3.06. The van der Waals surface area contributed by atoms with E-state index in [2.05, 4.69) is 5.32 Å². The molecule has 0 saturated carbocycles. The van der Waals surface area contributed by atoms with Crippen molar-refractivity contribution in [2.75, 3.05) is 33.9 Å². The van der Waals surface area contributed by atoms with E-state index in [1.165, 1.54) is 7.11 Å². The number of methoxy groups -OCH3 is 2. The second-order valence-electron chi connectivity index (χ2n) is 7.83. The van der Waals surface area contributed by atoms with Crippen LogP contribution in [0.3, 0.4) is 0 Å². The van der Waals surface area contributed by atoms with Gasteiger partial charge in [-0.2, -0.15) is 0 Å². The van der Waals surface area contributed by atoms with Crippen molar-refractivity contribution < 1.29 is 24.2 Å². The summed E-state index contributed by atoms with van der Waals surface area (Å²) in [4.78, 5) is 27.3. The number of likely N-dealkylation sites (tertiary alicyclic amines) is 1. The molecule has 1 heterocycles. The van der Waals surface area contributed by atoms with Gasteiger partial charge in [0, 0.05) is 30.8 Å². The molecule has 2 unspecified atom stereocenters. The van der Waals surface area contributed by atoms with E-state index in [4.69, 9.17) is 9.47 Å². The van der Waals surface area contributed by atoms with Crippen molar-refractivity contribution in [1.29, 1.82) is 0 Å². The first kappa shape index (κ1) is 22.6. The lowest BCUT2D eigenvalue weighted by molar-refractivity contribution is -0.126. The predicted octanol–water partition coefficient (Wildman–Crippen LogP) is 2.71. The SMILES string of the molecule is COc1ccc(OC)c(C(O)CNC(=O)C2CCCN(C(=O)c3ccc(C)cc3)C2)c1. The van der Waals surface area contributed by atoms with E-state index in [0.29, 0.717) is 42.1 Å². The molecule has 0 bridgehead atoms. The number of piperidine rings is 1. The molecule has 7 nitrogen and oxygen atoms in total. The second-order valence-corrected chi connectivity index (χ2v) is 7.83. The first-order valence-corrected chi connectivity index (χ1v) is 10.5. The van der Waals surface area contributed by atoms with E-state index in [1.807, 2.05) is 31.2 Å². The van der Waals surface area contributed by atoms with Crippen molar-refractivity contribution in [2.45, 2.75) is 25.9 Å². The predicted molar refractivity (Wildman–Crippen MR) is 117 cm³/mol. The highest BCUT2D eigenvalue weighted by Gasteiger charge is 2.29. The summed E-state index contributed by atoms with van der Waals surface area (Å²) in [5.41, 5.74) is 2.27. The monoisotopic (exact) mass is 426 g/mol. The van der Waals surface area contributed by atoms with E-state index in [0.717, 1.165) is 12.0 Å². The Morgan fingerprint density at radius 2 is 1.90 bits per heavy atom. The molecule has 7 heteroatoms. The Kier molecular flexibility index (Phi) is 7.52. The lowest BCUT2D eigenvalue weighted by atomic mass is 9.96. The number of benzene rings is 2. The van der Waals surface area contributed by atoms with Crippen LogP contribution in [0.1, 0.15) is 40.4 Å². The standard InChI is InChI=1S/C24H30N2O5/c1-16-6-8-17(9-7-16)24(29)26-12-4-5-18(15-26)23(28)25-14-21(27)20-13-19(30-2)10-11-22(20)31-3/h6-11,13,18,21,27H,4-5,12,14-15H2,1-3H3,(H,25,28). The van der Waals surface area contributed by atoms with Crippen LogP contribution in [0.2, 0.25) is 0 Å². The lowest BCUT2D eigenvalue weighted by Gasteiger charge is -2.32. The molecule has 2 N–H and O–H groups in total. The maximum atomic E-state index is 12.8. The third kappa shape index (κ3) is 5.55. The summed E-state index contributed by atoms with van der Waals surface area (Å²) in [5.74, 6) is 0.595. The summed E-state index contributed by atoms with van der Waals surface area (Å²) < 4.78 is 10.5. The number of amides is 2. The Bertz CT molecular complexity index is 913. The number of nitrogens with one attached hydrogen (secondary N) is 1. The summed E-state index contributed by atoms with van der Waals surface area (Å²) in [7, 11) is 3.07. The third-order valence-corrected chi connectivity index (χ3v) is 5.64. The third-order valence-electron chi connectivity index (χ3n) is 5.64. The Balaban J connectivity index is 1.59. The molecule has 0 aromatic heterocycles. The topological polar surface area (TPSA) is 88.1 Å². The number of nitrogens with zero attached hydrogens (tertiary/aromatic N) is 1. The molecule has 1 fully saturated rings. The number of carbonyl (C=O) groups excluding carboxylic acids is 2. The average molecular weight is 427 g/mol. The lowest BCUT2D eigenvalue weighted by Crippen LogP contribution is -2.46. The van der Waals surface area contributed by atoms with E-state index in [9.17, 15) is 14.7 Å². The van der Waals surface area contributed by atoms with Crippen molar-refractivity contribution in [3.05, 3.63) is 59.2 Å². The maximum Gasteiger partial charge on any atom is 0.253 e. The van der Waals surface area contributed by atoms with Gasteiger partial charge in [-0.05, 0) is 50.1 Å². The van der Waals surface area contributed by atoms with Crippen LogP contribution in [0.4, 0.5) is 0 Å². The first-order valence-electron chi connectivity index (χ1n) is 10.5. The van der Waals surface area contributed by atoms with Crippen molar-refractivity contribution >= 4 is 11.8 Å². The minimum absolute atomic E-state index is 0.0464. The number of aryl methyl sites for hydroxylation is 1. The number of rotatable bonds is 7. The van der Waals surface area contributed by atoms with Crippen LogP contribution in [0.25, 0.3) is 0 Å². The molecule has 2 atom stereocenters. The molecule has 1 aliphatic rings. The Morgan fingerprint density at radius 1 is 1.16 bits per heavy atom. The number of ether oxygens (including phenoxy) is 2. The van der Waals surface area contributed by atoms with Gasteiger partial charge < -0.3 is 24.8 Å². The fourth-order valence-corrected chi connectivity index (χ4v) is 3.81.